The Morgan fingerprint density at radius 1 is 0.947 bits per heavy atom. The summed E-state index contributed by atoms with van der Waals surface area (Å²) < 4.78 is 5.70. The van der Waals surface area contributed by atoms with Crippen LogP contribution in [0.3, 0.4) is 0 Å². The Kier molecular flexibility index (Phi) is 2.83. The van der Waals surface area contributed by atoms with E-state index in [0.717, 1.165) is 16.7 Å². The number of rotatable bonds is 1. The van der Waals surface area contributed by atoms with Crippen LogP contribution in [0, 0.1) is 11.3 Å². The molecule has 90 valence electrons. The summed E-state index contributed by atoms with van der Waals surface area (Å²) in [5.74, 6) is 0. The van der Waals surface area contributed by atoms with Crippen molar-refractivity contribution in [1.29, 1.82) is 5.26 Å². The number of hydrogen-bond acceptors (Lipinski definition) is 3. The Balaban J connectivity index is 2.29. The number of hydrogen-bond donors (Lipinski definition) is 0. The summed E-state index contributed by atoms with van der Waals surface area (Å²) in [5.41, 5.74) is 2.25. The van der Waals surface area contributed by atoms with Crippen LogP contribution >= 0.6 is 0 Å². The molecule has 0 unspecified atom stereocenters. The molecule has 0 atom stereocenters. The lowest BCUT2D eigenvalue weighted by molar-refractivity contribution is 0.542. The van der Waals surface area contributed by atoms with E-state index in [-0.39, 0.29) is 0 Å². The topological polar surface area (TPSA) is 49.3 Å². The third-order valence-electron chi connectivity index (χ3n) is 2.76. The van der Waals surface area contributed by atoms with Crippen LogP contribution in [-0.2, 0) is 0 Å². The third-order valence-corrected chi connectivity index (χ3v) is 2.76. The average molecular weight is 246 g/mol. The maximum atomic E-state index is 9.19. The van der Waals surface area contributed by atoms with Crippen molar-refractivity contribution in [2.24, 2.45) is 4.99 Å². The molecule has 0 fully saturated rings. The molecule has 3 nitrogen and oxygen atoms in total. The van der Waals surface area contributed by atoms with E-state index in [0.29, 0.717) is 11.1 Å². The maximum Gasteiger partial charge on any atom is 0.237 e. The second-order valence-electron chi connectivity index (χ2n) is 4.06. The normalized spacial score (nSPS) is 11.4. The molecule has 0 aliphatic rings. The van der Waals surface area contributed by atoms with Crippen LogP contribution in [0.2, 0.25) is 0 Å². The molecular formula is C16H10N2O. The Morgan fingerprint density at radius 3 is 2.47 bits per heavy atom. The minimum atomic E-state index is 0.340. The van der Waals surface area contributed by atoms with Crippen LogP contribution in [-0.4, -0.2) is 0 Å². The third kappa shape index (κ3) is 2.24. The van der Waals surface area contributed by atoms with Gasteiger partial charge in [0.05, 0.1) is 5.69 Å². The highest BCUT2D eigenvalue weighted by molar-refractivity contribution is 5.77. The summed E-state index contributed by atoms with van der Waals surface area (Å²) in [4.78, 5) is 4.37. The molecule has 0 N–H and O–H groups in total. The summed E-state index contributed by atoms with van der Waals surface area (Å²) in [7, 11) is 0. The Labute approximate surface area is 110 Å². The maximum absolute atomic E-state index is 9.19. The molecule has 0 spiro atoms. The van der Waals surface area contributed by atoms with Crippen molar-refractivity contribution >= 4 is 16.7 Å². The number of benzene rings is 2. The smallest absolute Gasteiger partial charge is 0.237 e. The van der Waals surface area contributed by atoms with Gasteiger partial charge in [0, 0.05) is 5.39 Å². The zero-order chi connectivity index (χ0) is 13.1. The molecule has 1 heterocycles. The van der Waals surface area contributed by atoms with Crippen molar-refractivity contribution in [3.63, 3.8) is 0 Å². The van der Waals surface area contributed by atoms with E-state index in [1.165, 1.54) is 0 Å². The number of fused-ring (bicyclic) bond motifs is 1. The second kappa shape index (κ2) is 4.79. The number of nitriles is 1. The van der Waals surface area contributed by atoms with Gasteiger partial charge in [0.25, 0.3) is 0 Å². The fraction of sp³-hybridized carbons (Fsp3) is 0. The molecule has 2 aromatic carbocycles. The van der Waals surface area contributed by atoms with Gasteiger partial charge in [-0.05, 0) is 24.3 Å². The van der Waals surface area contributed by atoms with E-state index in [1.807, 2.05) is 54.6 Å². The molecule has 0 saturated carbocycles. The Morgan fingerprint density at radius 2 is 1.68 bits per heavy atom. The Bertz CT molecular complexity index is 826. The lowest BCUT2D eigenvalue weighted by atomic mass is 10.2. The molecule has 0 aliphatic carbocycles. The van der Waals surface area contributed by atoms with Gasteiger partial charge in [0.1, 0.15) is 17.2 Å². The predicted molar refractivity (Wildman–Crippen MR) is 72.6 cm³/mol. The molecule has 0 aliphatic heterocycles. The zero-order valence-electron chi connectivity index (χ0n) is 10.1. The summed E-state index contributed by atoms with van der Waals surface area (Å²) in [6, 6.07) is 20.9. The molecule has 3 aromatic rings. The largest absolute Gasteiger partial charge is 0.437 e. The fourth-order valence-corrected chi connectivity index (χ4v) is 1.85. The highest BCUT2D eigenvalue weighted by Crippen LogP contribution is 2.14. The van der Waals surface area contributed by atoms with Crippen LogP contribution in [0.1, 0.15) is 5.56 Å². The first-order valence-electron chi connectivity index (χ1n) is 5.89. The van der Waals surface area contributed by atoms with Crippen molar-refractivity contribution in [3.05, 3.63) is 71.8 Å². The van der Waals surface area contributed by atoms with E-state index < -0.39 is 0 Å². The monoisotopic (exact) mass is 246 g/mol. The summed E-state index contributed by atoms with van der Waals surface area (Å²) in [6.07, 6.45) is 0. The van der Waals surface area contributed by atoms with Gasteiger partial charge in [-0.1, -0.05) is 36.4 Å². The van der Waals surface area contributed by atoms with Gasteiger partial charge in [-0.3, -0.25) is 0 Å². The SMILES string of the molecule is N#Cc1cc2ccccc2oc1=Nc1ccccc1. The van der Waals surface area contributed by atoms with Gasteiger partial charge in [-0.25, -0.2) is 4.99 Å². The van der Waals surface area contributed by atoms with Crippen molar-refractivity contribution in [3.8, 4) is 6.07 Å². The van der Waals surface area contributed by atoms with Gasteiger partial charge in [0.2, 0.25) is 5.55 Å². The lowest BCUT2D eigenvalue weighted by Gasteiger charge is -1.98. The van der Waals surface area contributed by atoms with Gasteiger partial charge < -0.3 is 4.42 Å². The molecular weight excluding hydrogens is 236 g/mol. The predicted octanol–water partition coefficient (Wildman–Crippen LogP) is 3.54. The molecule has 3 rings (SSSR count). The van der Waals surface area contributed by atoms with Crippen molar-refractivity contribution in [2.45, 2.75) is 0 Å². The van der Waals surface area contributed by atoms with Crippen LogP contribution in [0.5, 0.6) is 0 Å². The standard InChI is InChI=1S/C16H10N2O/c17-11-13-10-12-6-4-5-9-15(12)19-16(13)18-14-7-2-1-3-8-14/h1-10H. The fourth-order valence-electron chi connectivity index (χ4n) is 1.85. The van der Waals surface area contributed by atoms with E-state index in [1.54, 1.807) is 6.07 Å². The molecule has 0 saturated heterocycles. The van der Waals surface area contributed by atoms with E-state index in [4.69, 9.17) is 4.42 Å². The van der Waals surface area contributed by atoms with Crippen molar-refractivity contribution in [2.75, 3.05) is 0 Å². The van der Waals surface area contributed by atoms with Gasteiger partial charge in [0.15, 0.2) is 0 Å². The summed E-state index contributed by atoms with van der Waals surface area (Å²) >= 11 is 0. The van der Waals surface area contributed by atoms with Gasteiger partial charge >= 0.3 is 0 Å². The quantitative estimate of drug-likeness (QED) is 0.659. The molecule has 19 heavy (non-hydrogen) atoms. The molecule has 1 aromatic heterocycles. The average Bonchev–Trinajstić information content (AvgIpc) is 2.47. The highest BCUT2D eigenvalue weighted by Gasteiger charge is 2.02. The van der Waals surface area contributed by atoms with Crippen LogP contribution in [0.4, 0.5) is 5.69 Å². The molecule has 3 heteroatoms. The summed E-state index contributed by atoms with van der Waals surface area (Å²) in [6.45, 7) is 0. The zero-order valence-corrected chi connectivity index (χ0v) is 10.1. The van der Waals surface area contributed by atoms with Crippen LogP contribution in [0.15, 0.2) is 70.1 Å². The van der Waals surface area contributed by atoms with E-state index in [9.17, 15) is 5.26 Å². The highest BCUT2D eigenvalue weighted by atomic mass is 16.3. The first kappa shape index (κ1) is 11.2. The minimum absolute atomic E-state index is 0.340. The lowest BCUT2D eigenvalue weighted by Crippen LogP contribution is -2.05. The second-order valence-corrected chi connectivity index (χ2v) is 4.06. The number of nitrogens with zero attached hydrogens (tertiary/aromatic N) is 2. The van der Waals surface area contributed by atoms with Crippen molar-refractivity contribution in [1.82, 2.24) is 0 Å². The van der Waals surface area contributed by atoms with E-state index >= 15 is 0 Å². The number of para-hydroxylation sites is 2. The molecule has 0 bridgehead atoms. The molecule has 0 amide bonds. The first-order valence-corrected chi connectivity index (χ1v) is 5.89. The molecule has 0 radical (unpaired) electrons. The van der Waals surface area contributed by atoms with E-state index in [2.05, 4.69) is 11.1 Å². The van der Waals surface area contributed by atoms with Gasteiger partial charge in [-0.15, -0.1) is 0 Å². The first-order chi connectivity index (χ1) is 9.36. The Hall–Kier alpha value is -2.86. The van der Waals surface area contributed by atoms with Crippen LogP contribution in [0.25, 0.3) is 11.0 Å². The van der Waals surface area contributed by atoms with Crippen LogP contribution < -0.4 is 5.55 Å². The van der Waals surface area contributed by atoms with Gasteiger partial charge in [-0.2, -0.15) is 5.26 Å². The summed E-state index contributed by atoms with van der Waals surface area (Å²) in [5, 5.41) is 10.1. The minimum Gasteiger partial charge on any atom is -0.437 e. The van der Waals surface area contributed by atoms with Crippen molar-refractivity contribution < 1.29 is 4.42 Å².